The van der Waals surface area contributed by atoms with Crippen LogP contribution >= 0.6 is 11.6 Å². The average molecular weight is 417 g/mol. The van der Waals surface area contributed by atoms with E-state index in [1.807, 2.05) is 0 Å². The Bertz CT molecular complexity index is 1000. The van der Waals surface area contributed by atoms with Crippen molar-refractivity contribution >= 4 is 46.7 Å². The molecule has 1 amide bonds. The Morgan fingerprint density at radius 2 is 1.90 bits per heavy atom. The van der Waals surface area contributed by atoms with Gasteiger partial charge in [-0.3, -0.25) is 19.7 Å². The molecule has 150 valence electrons. The number of nitrogens with zero attached hydrogens (tertiary/aromatic N) is 1. The third-order valence-corrected chi connectivity index (χ3v) is 4.12. The van der Waals surface area contributed by atoms with Crippen molar-refractivity contribution in [1.29, 1.82) is 0 Å². The number of halogens is 1. The molecule has 0 radical (unpaired) electrons. The van der Waals surface area contributed by atoms with Gasteiger partial charge in [-0.1, -0.05) is 29.8 Å². The smallest absolute Gasteiger partial charge is 0.331 e. The van der Waals surface area contributed by atoms with Crippen LogP contribution in [0.15, 0.2) is 48.5 Å². The van der Waals surface area contributed by atoms with Gasteiger partial charge in [0.2, 0.25) is 0 Å². The Kier molecular flexibility index (Phi) is 7.21. The third-order valence-electron chi connectivity index (χ3n) is 3.81. The molecule has 2 aromatic rings. The minimum absolute atomic E-state index is 0.0224. The standard InChI is InChI=1S/C20H17ClN2O6/c1-12(24)15-5-3-4-6-17(15)22-20(26)13(2)29-19(25)10-8-14-7-9-16(21)18(11-14)23(27)28/h3-11,13H,1-2H3,(H,22,26)/b10-8+. The number of anilines is 1. The third kappa shape index (κ3) is 5.98. The maximum Gasteiger partial charge on any atom is 0.331 e. The zero-order valence-corrected chi connectivity index (χ0v) is 16.3. The maximum absolute atomic E-state index is 12.2. The summed E-state index contributed by atoms with van der Waals surface area (Å²) in [6, 6.07) is 10.5. The van der Waals surface area contributed by atoms with Gasteiger partial charge in [0, 0.05) is 17.7 Å². The second kappa shape index (κ2) is 9.61. The van der Waals surface area contributed by atoms with Crippen molar-refractivity contribution in [2.75, 3.05) is 5.32 Å². The van der Waals surface area contributed by atoms with Crippen LogP contribution in [0.25, 0.3) is 6.08 Å². The Hall–Kier alpha value is -3.52. The molecular weight excluding hydrogens is 400 g/mol. The number of amides is 1. The average Bonchev–Trinajstić information content (AvgIpc) is 2.67. The van der Waals surface area contributed by atoms with Gasteiger partial charge in [-0.25, -0.2) is 4.79 Å². The molecule has 8 nitrogen and oxygen atoms in total. The van der Waals surface area contributed by atoms with Crippen LogP contribution in [-0.2, 0) is 14.3 Å². The second-order valence-corrected chi connectivity index (χ2v) is 6.38. The van der Waals surface area contributed by atoms with Crippen LogP contribution in [0.1, 0.15) is 29.8 Å². The van der Waals surface area contributed by atoms with Gasteiger partial charge in [0.1, 0.15) is 5.02 Å². The molecule has 0 aliphatic carbocycles. The van der Waals surface area contributed by atoms with Gasteiger partial charge < -0.3 is 10.1 Å². The summed E-state index contributed by atoms with van der Waals surface area (Å²) in [5, 5.41) is 13.4. The van der Waals surface area contributed by atoms with Crippen molar-refractivity contribution in [2.45, 2.75) is 20.0 Å². The molecule has 0 bridgehead atoms. The van der Waals surface area contributed by atoms with Crippen molar-refractivity contribution in [3.05, 3.63) is 74.8 Å². The number of nitro groups is 1. The first-order chi connectivity index (χ1) is 13.7. The highest BCUT2D eigenvalue weighted by molar-refractivity contribution is 6.32. The van der Waals surface area contributed by atoms with E-state index in [-0.39, 0.29) is 16.5 Å². The minimum Gasteiger partial charge on any atom is -0.449 e. The molecule has 1 unspecified atom stereocenters. The molecule has 0 aliphatic heterocycles. The maximum atomic E-state index is 12.2. The summed E-state index contributed by atoms with van der Waals surface area (Å²) in [5.41, 5.74) is 0.727. The first-order valence-electron chi connectivity index (χ1n) is 8.42. The lowest BCUT2D eigenvalue weighted by Gasteiger charge is -2.14. The van der Waals surface area contributed by atoms with Gasteiger partial charge in [-0.15, -0.1) is 0 Å². The summed E-state index contributed by atoms with van der Waals surface area (Å²) in [6.07, 6.45) is 1.22. The predicted molar refractivity (Wildman–Crippen MR) is 108 cm³/mol. The number of rotatable bonds is 7. The van der Waals surface area contributed by atoms with E-state index in [1.54, 1.807) is 24.3 Å². The van der Waals surface area contributed by atoms with Crippen LogP contribution < -0.4 is 5.32 Å². The van der Waals surface area contributed by atoms with Crippen LogP contribution in [0.2, 0.25) is 5.02 Å². The molecule has 0 fully saturated rings. The number of hydrogen-bond acceptors (Lipinski definition) is 6. The number of nitrogens with one attached hydrogen (secondary N) is 1. The van der Waals surface area contributed by atoms with Crippen LogP contribution in [0.5, 0.6) is 0 Å². The second-order valence-electron chi connectivity index (χ2n) is 5.97. The number of ether oxygens (including phenoxy) is 1. The molecule has 0 heterocycles. The van der Waals surface area contributed by atoms with Crippen molar-refractivity contribution < 1.29 is 24.0 Å². The van der Waals surface area contributed by atoms with E-state index in [2.05, 4.69) is 5.32 Å². The summed E-state index contributed by atoms with van der Waals surface area (Å²) < 4.78 is 5.03. The van der Waals surface area contributed by atoms with Gasteiger partial charge in [0.25, 0.3) is 11.6 Å². The molecule has 2 aromatic carbocycles. The van der Waals surface area contributed by atoms with Gasteiger partial charge in [0.15, 0.2) is 11.9 Å². The highest BCUT2D eigenvalue weighted by Crippen LogP contribution is 2.25. The van der Waals surface area contributed by atoms with E-state index >= 15 is 0 Å². The summed E-state index contributed by atoms with van der Waals surface area (Å²) in [7, 11) is 0. The predicted octanol–water partition coefficient (Wildman–Crippen LogP) is 4.03. The summed E-state index contributed by atoms with van der Waals surface area (Å²) >= 11 is 5.73. The molecule has 0 aliphatic rings. The molecule has 1 N–H and O–H groups in total. The lowest BCUT2D eigenvalue weighted by atomic mass is 10.1. The van der Waals surface area contributed by atoms with Crippen molar-refractivity contribution in [2.24, 2.45) is 0 Å². The first kappa shape index (κ1) is 21.8. The normalized spacial score (nSPS) is 11.7. The van der Waals surface area contributed by atoms with E-state index in [9.17, 15) is 24.5 Å². The lowest BCUT2D eigenvalue weighted by molar-refractivity contribution is -0.384. The number of nitro benzene ring substituents is 1. The first-order valence-corrected chi connectivity index (χ1v) is 8.80. The van der Waals surface area contributed by atoms with Gasteiger partial charge >= 0.3 is 5.97 Å². The fraction of sp³-hybridized carbons (Fsp3) is 0.150. The molecule has 9 heteroatoms. The zero-order valence-electron chi connectivity index (χ0n) is 15.5. The zero-order chi connectivity index (χ0) is 21.6. The van der Waals surface area contributed by atoms with Crippen molar-refractivity contribution in [3.8, 4) is 0 Å². The number of benzene rings is 2. The number of carbonyl (C=O) groups excluding carboxylic acids is 3. The summed E-state index contributed by atoms with van der Waals surface area (Å²) in [6.45, 7) is 2.75. The molecule has 1 atom stereocenters. The highest BCUT2D eigenvalue weighted by Gasteiger charge is 2.19. The Morgan fingerprint density at radius 3 is 2.55 bits per heavy atom. The number of para-hydroxylation sites is 1. The number of carbonyl (C=O) groups is 3. The SMILES string of the molecule is CC(=O)c1ccccc1NC(=O)C(C)OC(=O)/C=C/c1ccc(Cl)c([N+](=O)[O-])c1. The highest BCUT2D eigenvalue weighted by atomic mass is 35.5. The number of Topliss-reactive ketones (excluding diaryl/α,β-unsaturated/α-hetero) is 1. The lowest BCUT2D eigenvalue weighted by Crippen LogP contribution is -2.30. The molecule has 0 aromatic heterocycles. The van der Waals surface area contributed by atoms with Gasteiger partial charge in [-0.2, -0.15) is 0 Å². The topological polar surface area (TPSA) is 116 Å². The van der Waals surface area contributed by atoms with Gasteiger partial charge in [-0.05, 0) is 43.7 Å². The Balaban J connectivity index is 2.01. The van der Waals surface area contributed by atoms with Gasteiger partial charge in [0.05, 0.1) is 10.6 Å². The van der Waals surface area contributed by atoms with Crippen LogP contribution in [-0.4, -0.2) is 28.7 Å². The van der Waals surface area contributed by atoms with E-state index in [0.717, 1.165) is 6.08 Å². The van der Waals surface area contributed by atoms with E-state index in [1.165, 1.54) is 38.1 Å². The van der Waals surface area contributed by atoms with Crippen LogP contribution in [0.4, 0.5) is 11.4 Å². The Morgan fingerprint density at radius 1 is 1.21 bits per heavy atom. The number of ketones is 1. The van der Waals surface area contributed by atoms with E-state index in [4.69, 9.17) is 16.3 Å². The molecule has 0 spiro atoms. The largest absolute Gasteiger partial charge is 0.449 e. The molecule has 29 heavy (non-hydrogen) atoms. The quantitative estimate of drug-likeness (QED) is 0.239. The molecule has 2 rings (SSSR count). The van der Waals surface area contributed by atoms with Crippen molar-refractivity contribution in [1.82, 2.24) is 0 Å². The summed E-state index contributed by atoms with van der Waals surface area (Å²) in [4.78, 5) is 46.0. The molecule has 0 saturated heterocycles. The minimum atomic E-state index is -1.13. The Labute approximate surface area is 171 Å². The summed E-state index contributed by atoms with van der Waals surface area (Å²) in [5.74, 6) is -1.64. The van der Waals surface area contributed by atoms with E-state index < -0.39 is 22.9 Å². The van der Waals surface area contributed by atoms with Crippen LogP contribution in [0, 0.1) is 10.1 Å². The number of esters is 1. The fourth-order valence-corrected chi connectivity index (χ4v) is 2.52. The fourth-order valence-electron chi connectivity index (χ4n) is 2.34. The monoisotopic (exact) mass is 416 g/mol. The number of hydrogen-bond donors (Lipinski definition) is 1. The van der Waals surface area contributed by atoms with E-state index in [0.29, 0.717) is 16.8 Å². The van der Waals surface area contributed by atoms with Crippen LogP contribution in [0.3, 0.4) is 0 Å². The molecule has 0 saturated carbocycles. The van der Waals surface area contributed by atoms with Crippen molar-refractivity contribution in [3.63, 3.8) is 0 Å². The molecular formula is C20H17ClN2O6.